The average Bonchev–Trinajstić information content (AvgIpc) is 3.01. The number of allylic oxidation sites excluding steroid dienone is 1. The van der Waals surface area contributed by atoms with Crippen LogP contribution in [0.4, 0.5) is 32.0 Å². The van der Waals surface area contributed by atoms with Gasteiger partial charge in [-0.2, -0.15) is 40.0 Å². The first kappa shape index (κ1) is 21.9. The lowest BCUT2D eigenvalue weighted by Gasteiger charge is -2.29. The van der Waals surface area contributed by atoms with Gasteiger partial charge in [-0.15, -0.1) is 0 Å². The second-order valence-electron chi connectivity index (χ2n) is 5.85. The Morgan fingerprint density at radius 1 is 1.25 bits per heavy atom. The van der Waals surface area contributed by atoms with E-state index in [1.165, 1.54) is 17.0 Å². The topological polar surface area (TPSA) is 70.4 Å². The van der Waals surface area contributed by atoms with Crippen LogP contribution in [-0.2, 0) is 20.5 Å². The van der Waals surface area contributed by atoms with Crippen LogP contribution in [0.1, 0.15) is 30.9 Å². The van der Waals surface area contributed by atoms with E-state index in [9.17, 15) is 34.8 Å². The minimum Gasteiger partial charge on any atom is -0.381 e. The number of benzene rings is 1. The molecule has 1 unspecified atom stereocenters. The van der Waals surface area contributed by atoms with E-state index in [1.807, 2.05) is 0 Å². The van der Waals surface area contributed by atoms with E-state index in [2.05, 4.69) is 4.18 Å². The molecule has 0 radical (unpaired) electrons. The van der Waals surface area contributed by atoms with Gasteiger partial charge in [0.2, 0.25) is 0 Å². The zero-order chi connectivity index (χ0) is 21.3. The molecule has 0 spiro atoms. The van der Waals surface area contributed by atoms with Crippen LogP contribution < -0.4 is 4.90 Å². The van der Waals surface area contributed by atoms with E-state index >= 15 is 0 Å². The maximum atomic E-state index is 13.1. The number of rotatable bonds is 5. The molecule has 0 aliphatic heterocycles. The molecule has 0 saturated heterocycles. The standard InChI is InChI=1S/C16H14F6N2O3S/c1-2-24(12-4-3-10(9-23)14(8-12)15(17,18)19)11-5-6-13(7-11)27-28(25,26)16(20,21)22/h3-4,7-8,11H,2,5-6H2,1H3. The molecule has 12 heteroatoms. The summed E-state index contributed by atoms with van der Waals surface area (Å²) in [6.45, 7) is 1.80. The zero-order valence-electron chi connectivity index (χ0n) is 14.3. The Kier molecular flexibility index (Phi) is 5.89. The van der Waals surface area contributed by atoms with Gasteiger partial charge in [0.25, 0.3) is 0 Å². The average molecular weight is 428 g/mol. The maximum absolute atomic E-state index is 13.1. The third-order valence-electron chi connectivity index (χ3n) is 4.07. The lowest BCUT2D eigenvalue weighted by Crippen LogP contribution is -2.32. The Balaban J connectivity index is 2.33. The Labute approximate surface area is 156 Å². The van der Waals surface area contributed by atoms with Crippen LogP contribution in [0.15, 0.2) is 30.0 Å². The van der Waals surface area contributed by atoms with Crippen molar-refractivity contribution < 1.29 is 38.9 Å². The van der Waals surface area contributed by atoms with Crippen LogP contribution in [0.3, 0.4) is 0 Å². The highest BCUT2D eigenvalue weighted by Gasteiger charge is 2.49. The first-order valence-electron chi connectivity index (χ1n) is 7.89. The third-order valence-corrected chi connectivity index (χ3v) is 5.07. The van der Waals surface area contributed by atoms with Crippen LogP contribution in [0.5, 0.6) is 0 Å². The summed E-state index contributed by atoms with van der Waals surface area (Å²) < 4.78 is 103. The highest BCUT2D eigenvalue weighted by molar-refractivity contribution is 7.87. The molecule has 154 valence electrons. The Bertz CT molecular complexity index is 916. The summed E-state index contributed by atoms with van der Waals surface area (Å²) >= 11 is 0. The summed E-state index contributed by atoms with van der Waals surface area (Å²) in [6.07, 6.45) is -3.60. The van der Waals surface area contributed by atoms with Crippen molar-refractivity contribution in [2.75, 3.05) is 11.4 Å². The van der Waals surface area contributed by atoms with Crippen molar-refractivity contribution in [3.8, 4) is 6.07 Å². The molecule has 0 amide bonds. The van der Waals surface area contributed by atoms with Gasteiger partial charge in [-0.1, -0.05) is 0 Å². The molecule has 2 rings (SSSR count). The minimum atomic E-state index is -5.81. The van der Waals surface area contributed by atoms with E-state index in [1.54, 1.807) is 6.92 Å². The molecule has 0 saturated carbocycles. The molecule has 1 aliphatic rings. The summed E-state index contributed by atoms with van der Waals surface area (Å²) in [7, 11) is -5.81. The first-order valence-corrected chi connectivity index (χ1v) is 9.30. The second kappa shape index (κ2) is 7.54. The van der Waals surface area contributed by atoms with Gasteiger partial charge in [-0.3, -0.25) is 0 Å². The van der Waals surface area contributed by atoms with E-state index in [0.29, 0.717) is 0 Å². The summed E-state index contributed by atoms with van der Waals surface area (Å²) in [5, 5.41) is 8.85. The lowest BCUT2D eigenvalue weighted by atomic mass is 10.1. The van der Waals surface area contributed by atoms with Crippen molar-refractivity contribution in [3.05, 3.63) is 41.2 Å². The van der Waals surface area contributed by atoms with Crippen molar-refractivity contribution in [1.82, 2.24) is 0 Å². The fraction of sp³-hybridized carbons (Fsp3) is 0.438. The normalized spacial score (nSPS) is 17.8. The smallest absolute Gasteiger partial charge is 0.381 e. The molecule has 1 aromatic rings. The van der Waals surface area contributed by atoms with Crippen LogP contribution >= 0.6 is 0 Å². The predicted molar refractivity (Wildman–Crippen MR) is 86.3 cm³/mol. The highest BCUT2D eigenvalue weighted by atomic mass is 32.2. The molecule has 0 N–H and O–H groups in total. The molecular formula is C16H14F6N2O3S. The van der Waals surface area contributed by atoms with Crippen LogP contribution in [0, 0.1) is 11.3 Å². The molecule has 0 aromatic heterocycles. The van der Waals surface area contributed by atoms with Gasteiger partial charge in [-0.05, 0) is 37.6 Å². The fourth-order valence-electron chi connectivity index (χ4n) is 2.83. The molecule has 1 aliphatic carbocycles. The van der Waals surface area contributed by atoms with Gasteiger partial charge >= 0.3 is 21.8 Å². The molecule has 5 nitrogen and oxygen atoms in total. The van der Waals surface area contributed by atoms with Gasteiger partial charge in [0, 0.05) is 18.7 Å². The number of anilines is 1. The van der Waals surface area contributed by atoms with E-state index < -0.39 is 44.7 Å². The molecule has 0 fully saturated rings. The molecule has 1 aromatic carbocycles. The van der Waals surface area contributed by atoms with Crippen LogP contribution in [0.2, 0.25) is 0 Å². The fourth-order valence-corrected chi connectivity index (χ4v) is 3.34. The Morgan fingerprint density at radius 2 is 1.89 bits per heavy atom. The summed E-state index contributed by atoms with van der Waals surface area (Å²) in [5.74, 6) is -0.425. The Morgan fingerprint density at radius 3 is 2.39 bits per heavy atom. The molecule has 28 heavy (non-hydrogen) atoms. The number of nitriles is 1. The van der Waals surface area contributed by atoms with Crippen molar-refractivity contribution >= 4 is 15.8 Å². The monoisotopic (exact) mass is 428 g/mol. The number of hydrogen-bond acceptors (Lipinski definition) is 5. The van der Waals surface area contributed by atoms with E-state index in [4.69, 9.17) is 5.26 Å². The second-order valence-corrected chi connectivity index (χ2v) is 7.39. The molecule has 1 atom stereocenters. The number of nitrogens with zero attached hydrogens (tertiary/aromatic N) is 2. The van der Waals surface area contributed by atoms with E-state index in [-0.39, 0.29) is 25.1 Å². The summed E-state index contributed by atoms with van der Waals surface area (Å²) in [5.41, 5.74) is -7.18. The SMILES string of the molecule is CCN(c1ccc(C#N)c(C(F)(F)F)c1)C1C=C(OS(=O)(=O)C(F)(F)F)CC1. The predicted octanol–water partition coefficient (Wildman–Crippen LogP) is 4.32. The minimum absolute atomic E-state index is 0.0926. The maximum Gasteiger partial charge on any atom is 0.534 e. The molecular weight excluding hydrogens is 414 g/mol. The van der Waals surface area contributed by atoms with Gasteiger partial charge in [0.1, 0.15) is 5.76 Å². The van der Waals surface area contributed by atoms with Crippen molar-refractivity contribution in [2.45, 2.75) is 37.5 Å². The first-order chi connectivity index (χ1) is 12.8. The van der Waals surface area contributed by atoms with Crippen molar-refractivity contribution in [1.29, 1.82) is 5.26 Å². The third kappa shape index (κ3) is 4.52. The van der Waals surface area contributed by atoms with Gasteiger partial charge in [-0.25, -0.2) is 0 Å². The quantitative estimate of drug-likeness (QED) is 0.397. The van der Waals surface area contributed by atoms with Gasteiger partial charge < -0.3 is 9.08 Å². The number of likely N-dealkylation sites (N-methyl/N-ethyl adjacent to an activating group) is 1. The lowest BCUT2D eigenvalue weighted by molar-refractivity contribution is -0.137. The number of alkyl halides is 6. The van der Waals surface area contributed by atoms with Crippen molar-refractivity contribution in [2.24, 2.45) is 0 Å². The highest BCUT2D eigenvalue weighted by Crippen LogP contribution is 2.37. The number of halogens is 6. The molecule has 0 heterocycles. The molecule has 0 bridgehead atoms. The van der Waals surface area contributed by atoms with Crippen molar-refractivity contribution in [3.63, 3.8) is 0 Å². The van der Waals surface area contributed by atoms with Crippen LogP contribution in [-0.4, -0.2) is 26.5 Å². The zero-order valence-corrected chi connectivity index (χ0v) is 15.1. The van der Waals surface area contributed by atoms with Gasteiger partial charge in [0.05, 0.1) is 23.2 Å². The summed E-state index contributed by atoms with van der Waals surface area (Å²) in [4.78, 5) is 1.45. The van der Waals surface area contributed by atoms with Crippen LogP contribution in [0.25, 0.3) is 0 Å². The van der Waals surface area contributed by atoms with Gasteiger partial charge in [0.15, 0.2) is 0 Å². The van der Waals surface area contributed by atoms with E-state index in [0.717, 1.165) is 18.2 Å². The number of hydrogen-bond donors (Lipinski definition) is 0. The summed E-state index contributed by atoms with van der Waals surface area (Å²) in [6, 6.07) is 3.86. The Hall–Kier alpha value is -2.42. The largest absolute Gasteiger partial charge is 0.534 e.